The SMILES string of the molecule is CC1CCC(CNC(=O)C2CN(C)C(=O)N2C)CC1C(F)(F)F. The zero-order chi connectivity index (χ0) is 17.4. The summed E-state index contributed by atoms with van der Waals surface area (Å²) in [5.74, 6) is -2.12. The number of halogens is 3. The van der Waals surface area contributed by atoms with Crippen molar-refractivity contribution in [1.29, 1.82) is 0 Å². The molecule has 132 valence electrons. The van der Waals surface area contributed by atoms with E-state index in [9.17, 15) is 22.8 Å². The lowest BCUT2D eigenvalue weighted by Crippen LogP contribution is -2.46. The number of likely N-dealkylation sites (N-methyl/N-ethyl adjacent to an activating group) is 2. The first-order valence-corrected chi connectivity index (χ1v) is 7.93. The number of nitrogens with zero attached hydrogens (tertiary/aromatic N) is 2. The fraction of sp³-hybridized carbons (Fsp3) is 0.867. The first kappa shape index (κ1) is 17.9. The van der Waals surface area contributed by atoms with Gasteiger partial charge < -0.3 is 15.1 Å². The number of nitrogens with one attached hydrogen (secondary N) is 1. The highest BCUT2D eigenvalue weighted by molar-refractivity contribution is 5.90. The molecule has 0 aromatic rings. The lowest BCUT2D eigenvalue weighted by atomic mass is 9.74. The zero-order valence-electron chi connectivity index (χ0n) is 13.7. The minimum atomic E-state index is -4.18. The van der Waals surface area contributed by atoms with Crippen LogP contribution in [0.5, 0.6) is 0 Å². The van der Waals surface area contributed by atoms with Crippen LogP contribution in [0.25, 0.3) is 0 Å². The quantitative estimate of drug-likeness (QED) is 0.859. The van der Waals surface area contributed by atoms with Gasteiger partial charge in [-0.3, -0.25) is 4.79 Å². The highest BCUT2D eigenvalue weighted by Gasteiger charge is 2.46. The van der Waals surface area contributed by atoms with Gasteiger partial charge in [0.25, 0.3) is 0 Å². The average Bonchev–Trinajstić information content (AvgIpc) is 2.72. The van der Waals surface area contributed by atoms with Crippen LogP contribution in [-0.4, -0.2) is 61.1 Å². The van der Waals surface area contributed by atoms with E-state index in [1.54, 1.807) is 21.0 Å². The molecule has 0 bridgehead atoms. The maximum absolute atomic E-state index is 13.0. The number of alkyl halides is 3. The molecule has 0 radical (unpaired) electrons. The minimum absolute atomic E-state index is 0.0598. The smallest absolute Gasteiger partial charge is 0.354 e. The van der Waals surface area contributed by atoms with Crippen LogP contribution < -0.4 is 5.32 Å². The van der Waals surface area contributed by atoms with E-state index in [-0.39, 0.29) is 36.7 Å². The van der Waals surface area contributed by atoms with Gasteiger partial charge in [0, 0.05) is 20.6 Å². The molecule has 2 aliphatic rings. The van der Waals surface area contributed by atoms with Crippen molar-refractivity contribution < 1.29 is 22.8 Å². The number of carbonyl (C=O) groups is 2. The summed E-state index contributed by atoms with van der Waals surface area (Å²) < 4.78 is 39.0. The molecule has 0 aromatic carbocycles. The fourth-order valence-electron chi connectivity index (χ4n) is 3.53. The van der Waals surface area contributed by atoms with Gasteiger partial charge in [-0.1, -0.05) is 6.92 Å². The van der Waals surface area contributed by atoms with Crippen LogP contribution in [0.1, 0.15) is 26.2 Å². The molecule has 1 saturated carbocycles. The van der Waals surface area contributed by atoms with Gasteiger partial charge in [-0.2, -0.15) is 13.2 Å². The molecule has 8 heteroatoms. The van der Waals surface area contributed by atoms with Crippen LogP contribution in [0.3, 0.4) is 0 Å². The summed E-state index contributed by atoms with van der Waals surface area (Å²) in [7, 11) is 3.17. The molecular formula is C15H24F3N3O2. The molecule has 23 heavy (non-hydrogen) atoms. The molecule has 0 spiro atoms. The van der Waals surface area contributed by atoms with Gasteiger partial charge in [-0.05, 0) is 31.1 Å². The van der Waals surface area contributed by atoms with Gasteiger partial charge in [0.1, 0.15) is 6.04 Å². The number of urea groups is 1. The third-order valence-electron chi connectivity index (χ3n) is 5.14. The molecule has 1 aliphatic heterocycles. The van der Waals surface area contributed by atoms with Crippen LogP contribution in [-0.2, 0) is 4.79 Å². The summed E-state index contributed by atoms with van der Waals surface area (Å²) in [6, 6.07) is -0.804. The molecule has 1 saturated heterocycles. The van der Waals surface area contributed by atoms with Crippen LogP contribution in [0.4, 0.5) is 18.0 Å². The second kappa shape index (κ2) is 6.57. The lowest BCUT2D eigenvalue weighted by molar-refractivity contribution is -0.198. The van der Waals surface area contributed by atoms with E-state index in [2.05, 4.69) is 5.32 Å². The molecule has 5 nitrogen and oxygen atoms in total. The summed E-state index contributed by atoms with van der Waals surface area (Å²) in [6.45, 7) is 2.18. The minimum Gasteiger partial charge on any atom is -0.354 e. The van der Waals surface area contributed by atoms with Gasteiger partial charge in [-0.15, -0.1) is 0 Å². The molecule has 1 heterocycles. The number of hydrogen-bond donors (Lipinski definition) is 1. The number of rotatable bonds is 3. The van der Waals surface area contributed by atoms with Crippen molar-refractivity contribution in [2.45, 2.75) is 38.4 Å². The van der Waals surface area contributed by atoms with E-state index >= 15 is 0 Å². The van der Waals surface area contributed by atoms with E-state index in [0.29, 0.717) is 19.4 Å². The standard InChI is InChI=1S/C15H24F3N3O2/c1-9-4-5-10(6-11(9)15(16,17)18)7-19-13(22)12-8-20(2)14(23)21(12)3/h9-12H,4-8H2,1-3H3,(H,19,22). The Hall–Kier alpha value is -1.47. The van der Waals surface area contributed by atoms with Crippen LogP contribution in [0.15, 0.2) is 0 Å². The van der Waals surface area contributed by atoms with Crippen LogP contribution >= 0.6 is 0 Å². The zero-order valence-corrected chi connectivity index (χ0v) is 13.7. The molecule has 2 rings (SSSR count). The third-order valence-corrected chi connectivity index (χ3v) is 5.14. The Kier molecular flexibility index (Phi) is 5.10. The van der Waals surface area contributed by atoms with Crippen molar-refractivity contribution in [3.8, 4) is 0 Å². The Balaban J connectivity index is 1.86. The van der Waals surface area contributed by atoms with Gasteiger partial charge in [0.2, 0.25) is 5.91 Å². The molecule has 1 aliphatic carbocycles. The Morgan fingerprint density at radius 2 is 1.96 bits per heavy atom. The normalized spacial score (nSPS) is 32.3. The Morgan fingerprint density at radius 3 is 2.48 bits per heavy atom. The van der Waals surface area contributed by atoms with E-state index in [4.69, 9.17) is 0 Å². The van der Waals surface area contributed by atoms with Crippen LogP contribution in [0.2, 0.25) is 0 Å². The summed E-state index contributed by atoms with van der Waals surface area (Å²) in [4.78, 5) is 26.6. The topological polar surface area (TPSA) is 52.7 Å². The maximum Gasteiger partial charge on any atom is 0.392 e. The summed E-state index contributed by atoms with van der Waals surface area (Å²) in [6.07, 6.45) is -2.91. The summed E-state index contributed by atoms with van der Waals surface area (Å²) >= 11 is 0. The number of carbonyl (C=O) groups excluding carboxylic acids is 2. The number of hydrogen-bond acceptors (Lipinski definition) is 2. The van der Waals surface area contributed by atoms with E-state index in [0.717, 1.165) is 0 Å². The predicted octanol–water partition coefficient (Wildman–Crippen LogP) is 2.08. The third kappa shape index (κ3) is 3.90. The first-order chi connectivity index (χ1) is 10.6. The second-order valence-corrected chi connectivity index (χ2v) is 6.84. The molecule has 0 aromatic heterocycles. The molecular weight excluding hydrogens is 311 g/mol. The van der Waals surface area contributed by atoms with Crippen molar-refractivity contribution in [1.82, 2.24) is 15.1 Å². The highest BCUT2D eigenvalue weighted by atomic mass is 19.4. The molecule has 3 amide bonds. The number of amides is 3. The van der Waals surface area contributed by atoms with Crippen molar-refractivity contribution >= 4 is 11.9 Å². The Morgan fingerprint density at radius 1 is 1.30 bits per heavy atom. The van der Waals surface area contributed by atoms with Crippen molar-refractivity contribution in [2.24, 2.45) is 17.8 Å². The highest BCUT2D eigenvalue weighted by Crippen LogP contribution is 2.43. The maximum atomic E-state index is 13.0. The molecule has 2 fully saturated rings. The van der Waals surface area contributed by atoms with Crippen LogP contribution in [0, 0.1) is 17.8 Å². The fourth-order valence-corrected chi connectivity index (χ4v) is 3.53. The van der Waals surface area contributed by atoms with Gasteiger partial charge in [0.15, 0.2) is 0 Å². The monoisotopic (exact) mass is 335 g/mol. The Labute approximate surface area is 134 Å². The predicted molar refractivity (Wildman–Crippen MR) is 78.6 cm³/mol. The summed E-state index contributed by atoms with van der Waals surface area (Å²) in [5, 5.41) is 2.73. The molecule has 4 atom stereocenters. The largest absolute Gasteiger partial charge is 0.392 e. The van der Waals surface area contributed by atoms with Crippen molar-refractivity contribution in [3.05, 3.63) is 0 Å². The Bertz CT molecular complexity index is 469. The van der Waals surface area contributed by atoms with E-state index in [1.165, 1.54) is 9.80 Å². The van der Waals surface area contributed by atoms with E-state index in [1.807, 2.05) is 0 Å². The van der Waals surface area contributed by atoms with Gasteiger partial charge >= 0.3 is 12.2 Å². The van der Waals surface area contributed by atoms with Crippen molar-refractivity contribution in [2.75, 3.05) is 27.2 Å². The lowest BCUT2D eigenvalue weighted by Gasteiger charge is -2.35. The first-order valence-electron chi connectivity index (χ1n) is 7.93. The summed E-state index contributed by atoms with van der Waals surface area (Å²) in [5.41, 5.74) is 0. The van der Waals surface area contributed by atoms with Gasteiger partial charge in [0.05, 0.1) is 12.5 Å². The second-order valence-electron chi connectivity index (χ2n) is 6.84. The molecule has 4 unspecified atom stereocenters. The van der Waals surface area contributed by atoms with Gasteiger partial charge in [-0.25, -0.2) is 4.79 Å². The van der Waals surface area contributed by atoms with Crippen molar-refractivity contribution in [3.63, 3.8) is 0 Å². The average molecular weight is 335 g/mol. The van der Waals surface area contributed by atoms with E-state index < -0.39 is 18.1 Å². The molecule has 1 N–H and O–H groups in total.